The van der Waals surface area contributed by atoms with Crippen LogP contribution < -0.4 is 0 Å². The number of carbonyl (C=O) groups is 1. The highest BCUT2D eigenvalue weighted by molar-refractivity contribution is 9.10. The number of hydrogen-bond acceptors (Lipinski definition) is 1. The van der Waals surface area contributed by atoms with Crippen molar-refractivity contribution in [2.75, 3.05) is 0 Å². The van der Waals surface area contributed by atoms with Gasteiger partial charge in [0.2, 0.25) is 0 Å². The van der Waals surface area contributed by atoms with Gasteiger partial charge in [0.05, 0.1) is 5.69 Å². The molecule has 2 rings (SSSR count). The lowest BCUT2D eigenvalue weighted by molar-refractivity contribution is 0.0955. The molecule has 3 heteroatoms. The predicted octanol–water partition coefficient (Wildman–Crippen LogP) is 2.23. The van der Waals surface area contributed by atoms with Crippen molar-refractivity contribution in [3.63, 3.8) is 0 Å². The molecule has 0 atom stereocenters. The summed E-state index contributed by atoms with van der Waals surface area (Å²) in [6.07, 6.45) is 3.65. The summed E-state index contributed by atoms with van der Waals surface area (Å²) in [5.41, 5.74) is 0.850. The first-order valence-corrected chi connectivity index (χ1v) is 4.45. The Morgan fingerprint density at radius 1 is 1.55 bits per heavy atom. The molecule has 1 aromatic heterocycles. The number of fused-ring (bicyclic) bond motifs is 1. The maximum atomic E-state index is 11.3. The number of halogens is 1. The molecule has 0 spiro atoms. The third kappa shape index (κ3) is 1.13. The van der Waals surface area contributed by atoms with Crippen LogP contribution >= 0.6 is 15.9 Å². The topological polar surface area (TPSA) is 22.0 Å². The average molecular weight is 214 g/mol. The third-order valence-electron chi connectivity index (χ3n) is 1.95. The highest BCUT2D eigenvalue weighted by Crippen LogP contribution is 2.20. The van der Waals surface area contributed by atoms with E-state index in [-0.39, 0.29) is 5.78 Å². The molecule has 0 aliphatic carbocycles. The Hall–Kier alpha value is -0.570. The third-order valence-corrected chi connectivity index (χ3v) is 2.39. The zero-order valence-electron chi connectivity index (χ0n) is 6.01. The molecule has 11 heavy (non-hydrogen) atoms. The van der Waals surface area contributed by atoms with E-state index in [1.807, 2.05) is 16.8 Å². The average Bonchev–Trinajstić information content (AvgIpc) is 2.31. The van der Waals surface area contributed by atoms with Crippen molar-refractivity contribution in [1.82, 2.24) is 4.57 Å². The van der Waals surface area contributed by atoms with Crippen LogP contribution in [0.2, 0.25) is 0 Å². The van der Waals surface area contributed by atoms with Crippen molar-refractivity contribution >= 4 is 21.7 Å². The van der Waals surface area contributed by atoms with Crippen molar-refractivity contribution < 1.29 is 4.79 Å². The molecule has 0 unspecified atom stereocenters. The number of rotatable bonds is 0. The van der Waals surface area contributed by atoms with Gasteiger partial charge in [-0.15, -0.1) is 0 Å². The van der Waals surface area contributed by atoms with Gasteiger partial charge in [0, 0.05) is 23.6 Å². The van der Waals surface area contributed by atoms with Crippen molar-refractivity contribution in [1.29, 1.82) is 0 Å². The maximum Gasteiger partial charge on any atom is 0.179 e. The minimum Gasteiger partial charge on any atom is -0.344 e. The molecule has 0 aromatic carbocycles. The SMILES string of the molecule is O=C1CCCn2cc(Br)cc21. The van der Waals surface area contributed by atoms with E-state index in [0.717, 1.165) is 23.1 Å². The van der Waals surface area contributed by atoms with Gasteiger partial charge in [-0.25, -0.2) is 0 Å². The summed E-state index contributed by atoms with van der Waals surface area (Å²) in [6.45, 7) is 0.979. The lowest BCUT2D eigenvalue weighted by atomic mass is 10.1. The lowest BCUT2D eigenvalue weighted by Gasteiger charge is -2.12. The van der Waals surface area contributed by atoms with Gasteiger partial charge in [0.25, 0.3) is 0 Å². The zero-order chi connectivity index (χ0) is 7.84. The Labute approximate surface area is 73.3 Å². The van der Waals surface area contributed by atoms with Crippen LogP contribution in [0.15, 0.2) is 16.7 Å². The first kappa shape index (κ1) is 7.10. The quantitative estimate of drug-likeness (QED) is 0.649. The fourth-order valence-corrected chi connectivity index (χ4v) is 1.90. The Bertz CT molecular complexity index is 303. The number of aryl methyl sites for hydroxylation is 1. The summed E-state index contributed by atoms with van der Waals surface area (Å²) >= 11 is 3.35. The van der Waals surface area contributed by atoms with Crippen LogP contribution in [0.1, 0.15) is 23.3 Å². The van der Waals surface area contributed by atoms with E-state index >= 15 is 0 Å². The van der Waals surface area contributed by atoms with Crippen molar-refractivity contribution in [3.8, 4) is 0 Å². The highest BCUT2D eigenvalue weighted by atomic mass is 79.9. The largest absolute Gasteiger partial charge is 0.344 e. The van der Waals surface area contributed by atoms with Crippen LogP contribution in [0.5, 0.6) is 0 Å². The van der Waals surface area contributed by atoms with Crippen molar-refractivity contribution in [2.24, 2.45) is 0 Å². The molecule has 1 aliphatic heterocycles. The predicted molar refractivity (Wildman–Crippen MR) is 45.7 cm³/mol. The zero-order valence-corrected chi connectivity index (χ0v) is 7.60. The normalized spacial score (nSPS) is 16.6. The van der Waals surface area contributed by atoms with Gasteiger partial charge in [-0.05, 0) is 28.4 Å². The van der Waals surface area contributed by atoms with Gasteiger partial charge in [-0.3, -0.25) is 4.79 Å². The van der Waals surface area contributed by atoms with E-state index in [0.29, 0.717) is 6.42 Å². The van der Waals surface area contributed by atoms with E-state index in [9.17, 15) is 4.79 Å². The van der Waals surface area contributed by atoms with E-state index in [2.05, 4.69) is 15.9 Å². The summed E-state index contributed by atoms with van der Waals surface area (Å²) in [7, 11) is 0. The molecule has 0 saturated carbocycles. The van der Waals surface area contributed by atoms with Crippen LogP contribution in [0.25, 0.3) is 0 Å². The number of aromatic nitrogens is 1. The first-order valence-electron chi connectivity index (χ1n) is 3.66. The second kappa shape index (κ2) is 2.48. The van der Waals surface area contributed by atoms with Gasteiger partial charge < -0.3 is 4.57 Å². The minimum atomic E-state index is 0.266. The number of hydrogen-bond donors (Lipinski definition) is 0. The maximum absolute atomic E-state index is 11.3. The second-order valence-electron chi connectivity index (χ2n) is 2.76. The second-order valence-corrected chi connectivity index (χ2v) is 3.68. The molecule has 0 saturated heterocycles. The Kier molecular flexibility index (Phi) is 1.60. The molecular weight excluding hydrogens is 206 g/mol. The Balaban J connectivity index is 2.52. The van der Waals surface area contributed by atoms with Crippen LogP contribution in [-0.2, 0) is 6.54 Å². The van der Waals surface area contributed by atoms with E-state index in [1.54, 1.807) is 0 Å². The summed E-state index contributed by atoms with van der Waals surface area (Å²) < 4.78 is 3.01. The Morgan fingerprint density at radius 2 is 2.36 bits per heavy atom. The van der Waals surface area contributed by atoms with Crippen molar-refractivity contribution in [2.45, 2.75) is 19.4 Å². The molecule has 0 N–H and O–H groups in total. The molecule has 58 valence electrons. The first-order chi connectivity index (χ1) is 5.27. The molecule has 0 amide bonds. The smallest absolute Gasteiger partial charge is 0.179 e. The van der Waals surface area contributed by atoms with Gasteiger partial charge in [-0.1, -0.05) is 0 Å². The van der Waals surface area contributed by atoms with Gasteiger partial charge in [0.15, 0.2) is 5.78 Å². The van der Waals surface area contributed by atoms with E-state index in [1.165, 1.54) is 0 Å². The summed E-state index contributed by atoms with van der Waals surface area (Å²) in [4.78, 5) is 11.3. The Morgan fingerprint density at radius 3 is 3.09 bits per heavy atom. The van der Waals surface area contributed by atoms with Gasteiger partial charge >= 0.3 is 0 Å². The summed E-state index contributed by atoms with van der Waals surface area (Å²) in [5.74, 6) is 0.266. The summed E-state index contributed by atoms with van der Waals surface area (Å²) in [5, 5.41) is 0. The molecule has 0 radical (unpaired) electrons. The molecular formula is C8H8BrNO. The van der Waals surface area contributed by atoms with Crippen LogP contribution in [-0.4, -0.2) is 10.4 Å². The van der Waals surface area contributed by atoms with Gasteiger partial charge in [0.1, 0.15) is 0 Å². The standard InChI is InChI=1S/C8H8BrNO/c9-6-4-7-8(11)2-1-3-10(7)5-6/h4-5H,1-3H2. The minimum absolute atomic E-state index is 0.266. The van der Waals surface area contributed by atoms with Gasteiger partial charge in [-0.2, -0.15) is 0 Å². The lowest BCUT2D eigenvalue weighted by Crippen LogP contribution is -2.14. The fourth-order valence-electron chi connectivity index (χ4n) is 1.43. The van der Waals surface area contributed by atoms with E-state index < -0.39 is 0 Å². The van der Waals surface area contributed by atoms with Crippen LogP contribution in [0.3, 0.4) is 0 Å². The number of carbonyl (C=O) groups excluding carboxylic acids is 1. The summed E-state index contributed by atoms with van der Waals surface area (Å²) in [6, 6.07) is 1.89. The molecule has 2 heterocycles. The highest BCUT2D eigenvalue weighted by Gasteiger charge is 2.16. The van der Waals surface area contributed by atoms with Crippen molar-refractivity contribution in [3.05, 3.63) is 22.4 Å². The number of ketones is 1. The monoisotopic (exact) mass is 213 g/mol. The van der Waals surface area contributed by atoms with Crippen LogP contribution in [0, 0.1) is 0 Å². The molecule has 0 fully saturated rings. The molecule has 0 bridgehead atoms. The molecule has 1 aromatic rings. The van der Waals surface area contributed by atoms with E-state index in [4.69, 9.17) is 0 Å². The van der Waals surface area contributed by atoms with Crippen LogP contribution in [0.4, 0.5) is 0 Å². The fraction of sp³-hybridized carbons (Fsp3) is 0.375. The number of Topliss-reactive ketones (excluding diaryl/α,β-unsaturated/α-hetero) is 1. The number of nitrogens with zero attached hydrogens (tertiary/aromatic N) is 1. The molecule has 2 nitrogen and oxygen atoms in total. The molecule has 1 aliphatic rings.